The van der Waals surface area contributed by atoms with E-state index in [0.717, 1.165) is 18.7 Å². The molecule has 1 amide bonds. The monoisotopic (exact) mass is 175 g/mol. The molecule has 0 atom stereocenters. The van der Waals surface area contributed by atoms with Crippen molar-refractivity contribution in [3.63, 3.8) is 0 Å². The smallest absolute Gasteiger partial charge is 0.220 e. The van der Waals surface area contributed by atoms with E-state index in [-0.39, 0.29) is 11.8 Å². The zero-order chi connectivity index (χ0) is 9.68. The normalized spacial score (nSPS) is 27.7. The minimum absolute atomic E-state index is 0.0889. The van der Waals surface area contributed by atoms with Gasteiger partial charge < -0.3 is 5.73 Å². The first-order valence-electron chi connectivity index (χ1n) is 5.53. The second kappa shape index (κ2) is 5.46. The minimum atomic E-state index is -0.0889. The van der Waals surface area contributed by atoms with Crippen LogP contribution in [0, 0.1) is 5.92 Å². The van der Waals surface area contributed by atoms with E-state index in [1.807, 2.05) is 0 Å². The Bertz CT molecular complexity index is 170. The molecule has 6 heteroatoms. The highest BCUT2D eigenvalue weighted by molar-refractivity contribution is 7.41. The van der Waals surface area contributed by atoms with E-state index in [9.17, 15) is 4.79 Å². The van der Waals surface area contributed by atoms with Crippen molar-refractivity contribution in [1.82, 2.24) is 0 Å². The molecule has 1 fully saturated rings. The van der Waals surface area contributed by atoms with Crippen molar-refractivity contribution in [2.75, 3.05) is 0 Å². The van der Waals surface area contributed by atoms with Crippen molar-refractivity contribution in [2.45, 2.75) is 31.5 Å². The summed E-state index contributed by atoms with van der Waals surface area (Å²) in [6.45, 7) is 0. The first-order valence-corrected chi connectivity index (χ1v) is 5.53. The molecule has 0 heterocycles. The molecule has 1 aliphatic rings. The largest absolute Gasteiger partial charge is 0.369 e. The van der Waals surface area contributed by atoms with Crippen LogP contribution >= 0.6 is 0 Å². The highest BCUT2D eigenvalue weighted by Crippen LogP contribution is 2.31. The Kier molecular flexibility index (Phi) is 4.54. The predicted octanol–water partition coefficient (Wildman–Crippen LogP) is -1.86. The lowest BCUT2D eigenvalue weighted by Crippen LogP contribution is -2.29. The summed E-state index contributed by atoms with van der Waals surface area (Å²) in [7, 11) is 6.21. The van der Waals surface area contributed by atoms with Crippen LogP contribution in [0.25, 0.3) is 0 Å². The van der Waals surface area contributed by atoms with Gasteiger partial charge in [0.25, 0.3) is 0 Å². The molecule has 0 aliphatic heterocycles. The zero-order valence-electron chi connectivity index (χ0n) is 8.59. The predicted molar refractivity (Wildman–Crippen MR) is 64.9 cm³/mol. The minimum Gasteiger partial charge on any atom is -0.369 e. The van der Waals surface area contributed by atoms with E-state index in [4.69, 9.17) is 5.73 Å². The van der Waals surface area contributed by atoms with Gasteiger partial charge in [0, 0.05) is 20.0 Å². The van der Waals surface area contributed by atoms with E-state index < -0.39 is 0 Å². The van der Waals surface area contributed by atoms with Crippen LogP contribution in [0.5, 0.6) is 0 Å². The van der Waals surface area contributed by atoms with Gasteiger partial charge in [0.2, 0.25) is 5.91 Å². The second-order valence-electron chi connectivity index (χ2n) is 4.26. The Morgan fingerprint density at radius 1 is 1.31 bits per heavy atom. The standard InChI is InChI=1S/C7H17B4NO/c8-10-11-9-6-3-1-5(2-4-6)7(12)13/h5-6,9-11H,1-4,8H2,(H2,12,13)/t5-,6-. The third-order valence-corrected chi connectivity index (χ3v) is 3.22. The molecular formula is C7H17B4NO. The summed E-state index contributed by atoms with van der Waals surface area (Å²) in [6.07, 6.45) is 4.49. The zero-order valence-corrected chi connectivity index (χ0v) is 8.59. The van der Waals surface area contributed by atoms with Crippen LogP contribution < -0.4 is 5.73 Å². The van der Waals surface area contributed by atoms with E-state index in [0.29, 0.717) is 0 Å². The summed E-state index contributed by atoms with van der Waals surface area (Å²) in [6, 6.07) is 0. The molecule has 0 aromatic heterocycles. The molecule has 0 saturated heterocycles. The van der Waals surface area contributed by atoms with Crippen molar-refractivity contribution < 1.29 is 4.79 Å². The molecule has 68 valence electrons. The van der Waals surface area contributed by atoms with Crippen LogP contribution in [0.2, 0.25) is 5.82 Å². The summed E-state index contributed by atoms with van der Waals surface area (Å²) < 4.78 is 0. The fourth-order valence-corrected chi connectivity index (χ4v) is 2.23. The average molecular weight is 174 g/mol. The van der Waals surface area contributed by atoms with Gasteiger partial charge in [-0.25, -0.2) is 0 Å². The number of primary amides is 1. The van der Waals surface area contributed by atoms with Gasteiger partial charge in [-0.2, -0.15) is 0 Å². The molecular weight excluding hydrogens is 157 g/mol. The Balaban J connectivity index is 2.18. The maximum atomic E-state index is 10.9. The van der Waals surface area contributed by atoms with E-state index in [1.165, 1.54) is 34.1 Å². The molecule has 1 rings (SSSR count). The number of hydrogen-bond acceptors (Lipinski definition) is 1. The van der Waals surface area contributed by atoms with Crippen LogP contribution in [0.3, 0.4) is 0 Å². The SMILES string of the molecule is BBBB[C@H]1CC[C@H](C(N)=O)CC1. The topological polar surface area (TPSA) is 43.1 Å². The van der Waals surface area contributed by atoms with Gasteiger partial charge in [0.15, 0.2) is 0 Å². The van der Waals surface area contributed by atoms with Crippen LogP contribution in [0.1, 0.15) is 25.7 Å². The Labute approximate surface area is 83.5 Å². The summed E-state index contributed by atoms with van der Waals surface area (Å²) in [4.78, 5) is 10.9. The first kappa shape index (κ1) is 10.8. The summed E-state index contributed by atoms with van der Waals surface area (Å²) in [5.74, 6) is 0.961. The molecule has 0 aromatic carbocycles. The van der Waals surface area contributed by atoms with Gasteiger partial charge in [-0.05, 0) is 12.8 Å². The number of hydrogen-bond donors (Lipinski definition) is 1. The molecule has 0 unspecified atom stereocenters. The maximum absolute atomic E-state index is 10.9. The molecule has 0 bridgehead atoms. The molecule has 0 radical (unpaired) electrons. The lowest BCUT2D eigenvalue weighted by molar-refractivity contribution is -0.122. The Hall–Kier alpha value is -0.270. The van der Waals surface area contributed by atoms with Gasteiger partial charge in [-0.3, -0.25) is 4.79 Å². The van der Waals surface area contributed by atoms with E-state index in [2.05, 4.69) is 7.74 Å². The number of nitrogens with two attached hydrogens (primary N) is 1. The van der Waals surface area contributed by atoms with Gasteiger partial charge in [-0.1, -0.05) is 18.7 Å². The van der Waals surface area contributed by atoms with Crippen LogP contribution in [-0.4, -0.2) is 34.9 Å². The van der Waals surface area contributed by atoms with Crippen molar-refractivity contribution in [1.29, 1.82) is 0 Å². The lowest BCUT2D eigenvalue weighted by Gasteiger charge is -2.25. The van der Waals surface area contributed by atoms with E-state index in [1.54, 1.807) is 0 Å². The second-order valence-corrected chi connectivity index (χ2v) is 4.26. The summed E-state index contributed by atoms with van der Waals surface area (Å²) in [5.41, 5.74) is 5.27. The number of carbonyl (C=O) groups is 1. The quantitative estimate of drug-likeness (QED) is 0.499. The molecule has 1 aliphatic carbocycles. The Morgan fingerprint density at radius 2 is 1.92 bits per heavy atom. The van der Waals surface area contributed by atoms with Crippen LogP contribution in [0.15, 0.2) is 0 Å². The molecule has 2 nitrogen and oxygen atoms in total. The van der Waals surface area contributed by atoms with Gasteiger partial charge >= 0.3 is 0 Å². The maximum Gasteiger partial charge on any atom is 0.220 e. The fourth-order valence-electron chi connectivity index (χ4n) is 2.23. The Morgan fingerprint density at radius 3 is 2.38 bits per heavy atom. The third-order valence-electron chi connectivity index (χ3n) is 3.22. The van der Waals surface area contributed by atoms with Crippen LogP contribution in [0.4, 0.5) is 0 Å². The molecule has 13 heavy (non-hydrogen) atoms. The van der Waals surface area contributed by atoms with Gasteiger partial charge in [-0.15, -0.1) is 0 Å². The molecule has 0 aromatic rings. The van der Waals surface area contributed by atoms with Crippen molar-refractivity contribution in [2.24, 2.45) is 11.7 Å². The van der Waals surface area contributed by atoms with Gasteiger partial charge in [0.05, 0.1) is 14.9 Å². The number of amides is 1. The molecule has 1 saturated carbocycles. The summed E-state index contributed by atoms with van der Waals surface area (Å²) >= 11 is 0. The lowest BCUT2D eigenvalue weighted by atomic mass is 9.11. The van der Waals surface area contributed by atoms with Gasteiger partial charge in [0.1, 0.15) is 0 Å². The fraction of sp³-hybridized carbons (Fsp3) is 0.857. The van der Waals surface area contributed by atoms with Crippen molar-refractivity contribution in [3.8, 4) is 0 Å². The van der Waals surface area contributed by atoms with Crippen molar-refractivity contribution >= 4 is 34.9 Å². The first-order chi connectivity index (χ1) is 6.24. The van der Waals surface area contributed by atoms with E-state index >= 15 is 0 Å². The number of rotatable bonds is 4. The highest BCUT2D eigenvalue weighted by atomic mass is 16.1. The average Bonchev–Trinajstić information content (AvgIpc) is 2.15. The van der Waals surface area contributed by atoms with Crippen LogP contribution in [-0.2, 0) is 4.79 Å². The molecule has 2 N–H and O–H groups in total. The van der Waals surface area contributed by atoms with Crippen molar-refractivity contribution in [3.05, 3.63) is 0 Å². The summed E-state index contributed by atoms with van der Waals surface area (Å²) in [5, 5.41) is 0. The molecule has 0 spiro atoms. The number of carbonyl (C=O) groups excluding carboxylic acids is 1. The highest BCUT2D eigenvalue weighted by Gasteiger charge is 2.24. The third kappa shape index (κ3) is 3.53.